The molecule has 126 valence electrons. The molecule has 6 nitrogen and oxygen atoms in total. The van der Waals surface area contributed by atoms with E-state index in [1.165, 1.54) is 6.20 Å². The van der Waals surface area contributed by atoms with Gasteiger partial charge >= 0.3 is 5.97 Å². The number of hydrogen-bond acceptors (Lipinski definition) is 4. The molecule has 6 heteroatoms. The van der Waals surface area contributed by atoms with Gasteiger partial charge in [0.1, 0.15) is 0 Å². The summed E-state index contributed by atoms with van der Waals surface area (Å²) in [6, 6.07) is 8.04. The van der Waals surface area contributed by atoms with Crippen LogP contribution in [0.15, 0.2) is 36.7 Å². The lowest BCUT2D eigenvalue weighted by Crippen LogP contribution is -2.38. The maximum Gasteiger partial charge on any atom is 0.341 e. The smallest absolute Gasteiger partial charge is 0.341 e. The van der Waals surface area contributed by atoms with E-state index < -0.39 is 5.97 Å². The van der Waals surface area contributed by atoms with E-state index in [9.17, 15) is 9.59 Å². The van der Waals surface area contributed by atoms with Crippen molar-refractivity contribution in [2.24, 2.45) is 0 Å². The lowest BCUT2D eigenvalue weighted by molar-refractivity contribution is -0.122. The Hall–Kier alpha value is -2.63. The summed E-state index contributed by atoms with van der Waals surface area (Å²) >= 11 is 0. The maximum absolute atomic E-state index is 12.5. The zero-order valence-electron chi connectivity index (χ0n) is 14.1. The molecule has 0 saturated heterocycles. The molecule has 0 saturated carbocycles. The zero-order valence-corrected chi connectivity index (χ0v) is 14.1. The van der Waals surface area contributed by atoms with Gasteiger partial charge in [-0.1, -0.05) is 18.2 Å². The van der Waals surface area contributed by atoms with Crippen LogP contribution in [-0.4, -0.2) is 34.3 Å². The summed E-state index contributed by atoms with van der Waals surface area (Å²) in [6.07, 6.45) is 3.91. The third kappa shape index (κ3) is 3.04. The summed E-state index contributed by atoms with van der Waals surface area (Å²) in [7, 11) is 0. The SMILES string of the molecule is CC(C)n1cc(C(=O)OCC(=O)N2c3ccccc3C[C@@H]2C)cn1. The number of benzene rings is 1. The number of amides is 1. The highest BCUT2D eigenvalue weighted by atomic mass is 16.5. The van der Waals surface area contributed by atoms with Crippen LogP contribution in [0.1, 0.15) is 42.7 Å². The van der Waals surface area contributed by atoms with Crippen molar-refractivity contribution in [2.75, 3.05) is 11.5 Å². The van der Waals surface area contributed by atoms with Crippen LogP contribution in [0.2, 0.25) is 0 Å². The minimum atomic E-state index is -0.532. The van der Waals surface area contributed by atoms with Crippen LogP contribution in [0.4, 0.5) is 5.69 Å². The Morgan fingerprint density at radius 3 is 2.79 bits per heavy atom. The Labute approximate surface area is 141 Å². The molecule has 3 rings (SSSR count). The van der Waals surface area contributed by atoms with Gasteiger partial charge in [-0.3, -0.25) is 9.48 Å². The fourth-order valence-electron chi connectivity index (χ4n) is 2.95. The van der Waals surface area contributed by atoms with Crippen molar-refractivity contribution in [3.05, 3.63) is 47.8 Å². The third-order valence-electron chi connectivity index (χ3n) is 4.17. The number of ether oxygens (including phenoxy) is 1. The van der Waals surface area contributed by atoms with Crippen molar-refractivity contribution in [2.45, 2.75) is 39.3 Å². The van der Waals surface area contributed by atoms with Crippen LogP contribution in [0.5, 0.6) is 0 Å². The van der Waals surface area contributed by atoms with Crippen LogP contribution in [0, 0.1) is 0 Å². The third-order valence-corrected chi connectivity index (χ3v) is 4.17. The molecule has 0 N–H and O–H groups in total. The molecule has 0 fully saturated rings. The Balaban J connectivity index is 1.64. The first-order valence-corrected chi connectivity index (χ1v) is 8.08. The number of para-hydroxylation sites is 1. The molecule has 24 heavy (non-hydrogen) atoms. The number of fused-ring (bicyclic) bond motifs is 1. The molecule has 0 spiro atoms. The van der Waals surface area contributed by atoms with Crippen molar-refractivity contribution in [3.63, 3.8) is 0 Å². The molecule has 1 amide bonds. The van der Waals surface area contributed by atoms with E-state index in [0.717, 1.165) is 17.7 Å². The van der Waals surface area contributed by atoms with Gasteiger partial charge in [0.05, 0.1) is 11.8 Å². The fraction of sp³-hybridized carbons (Fsp3) is 0.389. The van der Waals surface area contributed by atoms with Gasteiger partial charge in [-0.15, -0.1) is 0 Å². The minimum absolute atomic E-state index is 0.0669. The quantitative estimate of drug-likeness (QED) is 0.810. The van der Waals surface area contributed by atoms with Gasteiger partial charge < -0.3 is 9.64 Å². The zero-order chi connectivity index (χ0) is 17.3. The van der Waals surface area contributed by atoms with Crippen LogP contribution < -0.4 is 4.90 Å². The molecule has 1 atom stereocenters. The van der Waals surface area contributed by atoms with Crippen molar-refractivity contribution in [3.8, 4) is 0 Å². The second-order valence-corrected chi connectivity index (χ2v) is 6.32. The predicted octanol–water partition coefficient (Wildman–Crippen LogP) is 2.60. The molecular formula is C18H21N3O3. The Morgan fingerprint density at radius 2 is 2.08 bits per heavy atom. The number of hydrogen-bond donors (Lipinski definition) is 0. The molecule has 0 aliphatic carbocycles. The summed E-state index contributed by atoms with van der Waals surface area (Å²) < 4.78 is 6.85. The number of nitrogens with zero attached hydrogens (tertiary/aromatic N) is 3. The highest BCUT2D eigenvalue weighted by molar-refractivity contribution is 5.99. The van der Waals surface area contributed by atoms with E-state index in [1.807, 2.05) is 45.0 Å². The molecule has 2 aromatic rings. The van der Waals surface area contributed by atoms with E-state index in [0.29, 0.717) is 5.56 Å². The largest absolute Gasteiger partial charge is 0.452 e. The van der Waals surface area contributed by atoms with Crippen LogP contribution >= 0.6 is 0 Å². The predicted molar refractivity (Wildman–Crippen MR) is 90.0 cm³/mol. The fourth-order valence-corrected chi connectivity index (χ4v) is 2.95. The molecule has 2 heterocycles. The van der Waals surface area contributed by atoms with Crippen molar-refractivity contribution in [1.29, 1.82) is 0 Å². The topological polar surface area (TPSA) is 64.4 Å². The average molecular weight is 327 g/mol. The number of rotatable bonds is 4. The lowest BCUT2D eigenvalue weighted by Gasteiger charge is -2.22. The lowest BCUT2D eigenvalue weighted by atomic mass is 10.1. The second-order valence-electron chi connectivity index (χ2n) is 6.32. The van der Waals surface area contributed by atoms with Gasteiger partial charge in [0, 0.05) is 24.0 Å². The summed E-state index contributed by atoms with van der Waals surface area (Å²) in [4.78, 5) is 26.3. The molecule has 1 aromatic heterocycles. The number of carbonyl (C=O) groups is 2. The van der Waals surface area contributed by atoms with E-state index >= 15 is 0 Å². The van der Waals surface area contributed by atoms with Gasteiger partial charge in [0.2, 0.25) is 0 Å². The van der Waals surface area contributed by atoms with E-state index in [1.54, 1.807) is 15.8 Å². The molecule has 1 aromatic carbocycles. The van der Waals surface area contributed by atoms with E-state index in [2.05, 4.69) is 5.10 Å². The van der Waals surface area contributed by atoms with Gasteiger partial charge in [0.15, 0.2) is 6.61 Å². The first-order chi connectivity index (χ1) is 11.5. The second kappa shape index (κ2) is 6.47. The van der Waals surface area contributed by atoms with Crippen molar-refractivity contribution < 1.29 is 14.3 Å². The molecule has 0 unspecified atom stereocenters. The highest BCUT2D eigenvalue weighted by Crippen LogP contribution is 2.31. The van der Waals surface area contributed by atoms with E-state index in [4.69, 9.17) is 4.74 Å². The Kier molecular flexibility index (Phi) is 4.38. The average Bonchev–Trinajstić information content (AvgIpc) is 3.16. The van der Waals surface area contributed by atoms with Crippen LogP contribution in [-0.2, 0) is 16.0 Å². The maximum atomic E-state index is 12.5. The number of esters is 1. The summed E-state index contributed by atoms with van der Waals surface area (Å²) in [5, 5.41) is 4.10. The Bertz CT molecular complexity index is 766. The summed E-state index contributed by atoms with van der Waals surface area (Å²) in [5.74, 6) is -0.743. The highest BCUT2D eigenvalue weighted by Gasteiger charge is 2.31. The normalized spacial score (nSPS) is 16.3. The number of carbonyl (C=O) groups excluding carboxylic acids is 2. The Morgan fingerprint density at radius 1 is 1.33 bits per heavy atom. The van der Waals surface area contributed by atoms with Crippen molar-refractivity contribution >= 4 is 17.6 Å². The molecule has 1 aliphatic rings. The molecular weight excluding hydrogens is 306 g/mol. The molecule has 1 aliphatic heterocycles. The minimum Gasteiger partial charge on any atom is -0.452 e. The first kappa shape index (κ1) is 16.2. The van der Waals surface area contributed by atoms with Gasteiger partial charge in [-0.25, -0.2) is 4.79 Å². The standard InChI is InChI=1S/C18H21N3O3/c1-12(2)20-10-15(9-19-20)18(23)24-11-17(22)21-13(3)8-14-6-4-5-7-16(14)21/h4-7,9-10,12-13H,8,11H2,1-3H3/t13-/m0/s1. The number of aromatic nitrogens is 2. The van der Waals surface area contributed by atoms with Crippen molar-refractivity contribution in [1.82, 2.24) is 9.78 Å². The van der Waals surface area contributed by atoms with Gasteiger partial charge in [-0.05, 0) is 38.8 Å². The van der Waals surface area contributed by atoms with Crippen LogP contribution in [0.3, 0.4) is 0 Å². The van der Waals surface area contributed by atoms with Gasteiger partial charge in [-0.2, -0.15) is 5.10 Å². The molecule has 0 bridgehead atoms. The summed E-state index contributed by atoms with van der Waals surface area (Å²) in [5.41, 5.74) is 2.40. The monoisotopic (exact) mass is 327 g/mol. The first-order valence-electron chi connectivity index (χ1n) is 8.08. The van der Waals surface area contributed by atoms with Gasteiger partial charge in [0.25, 0.3) is 5.91 Å². The molecule has 0 radical (unpaired) electrons. The van der Waals surface area contributed by atoms with E-state index in [-0.39, 0.29) is 24.6 Å². The summed E-state index contributed by atoms with van der Waals surface area (Å²) in [6.45, 7) is 5.66. The van der Waals surface area contributed by atoms with Crippen LogP contribution in [0.25, 0.3) is 0 Å². The number of anilines is 1.